The maximum Gasteiger partial charge on any atom is 0.335 e. The highest BCUT2D eigenvalue weighted by atomic mass is 16.6. The van der Waals surface area contributed by atoms with Gasteiger partial charge in [-0.25, -0.2) is 9.59 Å². The van der Waals surface area contributed by atoms with Gasteiger partial charge in [0.25, 0.3) is 0 Å². The predicted octanol–water partition coefficient (Wildman–Crippen LogP) is 2.72. The number of esters is 1. The Bertz CT molecular complexity index is 883. The molecule has 0 atom stereocenters. The van der Waals surface area contributed by atoms with Crippen molar-refractivity contribution in [2.75, 3.05) is 14.2 Å². The summed E-state index contributed by atoms with van der Waals surface area (Å²) < 4.78 is 15.3. The van der Waals surface area contributed by atoms with Gasteiger partial charge in [-0.3, -0.25) is 4.79 Å². The Kier molecular flexibility index (Phi) is 5.74. The first-order valence-electron chi connectivity index (χ1n) is 7.39. The highest BCUT2D eigenvalue weighted by molar-refractivity contribution is 6.11. The van der Waals surface area contributed by atoms with Crippen LogP contribution in [-0.2, 0) is 4.79 Å². The lowest BCUT2D eigenvalue weighted by Gasteiger charge is -2.11. The van der Waals surface area contributed by atoms with Crippen molar-refractivity contribution in [2.24, 2.45) is 0 Å². The fraction of sp³-hybridized carbons (Fsp3) is 0.105. The Morgan fingerprint density at radius 1 is 0.923 bits per heavy atom. The van der Waals surface area contributed by atoms with Crippen LogP contribution in [0.3, 0.4) is 0 Å². The topological polar surface area (TPSA) is 99.1 Å². The summed E-state index contributed by atoms with van der Waals surface area (Å²) in [5.74, 6) is -1.73. The van der Waals surface area contributed by atoms with Crippen molar-refractivity contribution in [3.05, 3.63) is 65.7 Å². The SMILES string of the molecule is C=CC(=O)Oc1ccc(C(=O)c2ccc(C(=O)O)cc2OC)cc1OC. The lowest BCUT2D eigenvalue weighted by molar-refractivity contribution is -0.129. The van der Waals surface area contributed by atoms with Crippen LogP contribution >= 0.6 is 0 Å². The first-order chi connectivity index (χ1) is 12.4. The average Bonchev–Trinajstić information content (AvgIpc) is 2.66. The van der Waals surface area contributed by atoms with Crippen LogP contribution in [0.4, 0.5) is 0 Å². The minimum absolute atomic E-state index is 0.00247. The molecule has 7 heteroatoms. The van der Waals surface area contributed by atoms with E-state index in [4.69, 9.17) is 19.3 Å². The van der Waals surface area contributed by atoms with E-state index in [0.717, 1.165) is 6.08 Å². The van der Waals surface area contributed by atoms with Gasteiger partial charge in [0, 0.05) is 11.6 Å². The molecule has 0 spiro atoms. The van der Waals surface area contributed by atoms with Gasteiger partial charge in [0.2, 0.25) is 0 Å². The molecule has 0 aliphatic carbocycles. The van der Waals surface area contributed by atoms with Gasteiger partial charge >= 0.3 is 11.9 Å². The van der Waals surface area contributed by atoms with E-state index < -0.39 is 17.7 Å². The molecular formula is C19H16O7. The molecule has 7 nitrogen and oxygen atoms in total. The standard InChI is InChI=1S/C19H16O7/c1-4-17(20)26-14-8-6-11(9-16(14)25-3)18(21)13-7-5-12(19(22)23)10-15(13)24-2/h4-10H,1H2,2-3H3,(H,22,23). The molecule has 2 aromatic carbocycles. The fourth-order valence-corrected chi connectivity index (χ4v) is 2.21. The van der Waals surface area contributed by atoms with E-state index >= 15 is 0 Å². The minimum Gasteiger partial charge on any atom is -0.496 e. The van der Waals surface area contributed by atoms with E-state index in [1.54, 1.807) is 0 Å². The van der Waals surface area contributed by atoms with E-state index in [1.165, 1.54) is 50.6 Å². The number of hydrogen-bond donors (Lipinski definition) is 1. The maximum atomic E-state index is 12.8. The third kappa shape index (κ3) is 3.89. The molecule has 0 fully saturated rings. The minimum atomic E-state index is -1.13. The Morgan fingerprint density at radius 2 is 1.54 bits per heavy atom. The third-order valence-electron chi connectivity index (χ3n) is 3.50. The van der Waals surface area contributed by atoms with E-state index in [9.17, 15) is 14.4 Å². The number of hydrogen-bond acceptors (Lipinski definition) is 6. The summed E-state index contributed by atoms with van der Waals surface area (Å²) in [7, 11) is 2.72. The van der Waals surface area contributed by atoms with Crippen LogP contribution in [0.1, 0.15) is 26.3 Å². The zero-order valence-electron chi connectivity index (χ0n) is 14.1. The molecule has 1 N–H and O–H groups in total. The van der Waals surface area contributed by atoms with Crippen molar-refractivity contribution < 1.29 is 33.7 Å². The Labute approximate surface area is 149 Å². The number of carboxylic acid groups (broad SMARTS) is 1. The normalized spacial score (nSPS) is 9.92. The van der Waals surface area contributed by atoms with E-state index in [1.807, 2.05) is 0 Å². The molecule has 0 aliphatic heterocycles. The van der Waals surface area contributed by atoms with Gasteiger partial charge in [0.15, 0.2) is 17.3 Å². The first-order valence-corrected chi connectivity index (χ1v) is 7.39. The molecule has 0 aromatic heterocycles. The highest BCUT2D eigenvalue weighted by Crippen LogP contribution is 2.31. The van der Waals surface area contributed by atoms with Crippen molar-refractivity contribution in [2.45, 2.75) is 0 Å². The molecule has 0 unspecified atom stereocenters. The Morgan fingerprint density at radius 3 is 2.12 bits per heavy atom. The van der Waals surface area contributed by atoms with Gasteiger partial charge in [-0.2, -0.15) is 0 Å². The molecule has 0 saturated carbocycles. The van der Waals surface area contributed by atoms with Crippen molar-refractivity contribution in [1.29, 1.82) is 0 Å². The van der Waals surface area contributed by atoms with Gasteiger partial charge in [0.1, 0.15) is 5.75 Å². The molecule has 134 valence electrons. The number of ether oxygens (including phenoxy) is 3. The monoisotopic (exact) mass is 356 g/mol. The second-order valence-electron chi connectivity index (χ2n) is 5.04. The summed E-state index contributed by atoms with van der Waals surface area (Å²) in [6.07, 6.45) is 1.01. The van der Waals surface area contributed by atoms with Gasteiger partial charge in [0.05, 0.1) is 25.3 Å². The average molecular weight is 356 g/mol. The smallest absolute Gasteiger partial charge is 0.335 e. The van der Waals surface area contributed by atoms with E-state index in [0.29, 0.717) is 0 Å². The molecule has 2 aromatic rings. The van der Waals surface area contributed by atoms with Crippen LogP contribution in [0.15, 0.2) is 49.1 Å². The number of aromatic carboxylic acids is 1. The number of carbonyl (C=O) groups excluding carboxylic acids is 2. The van der Waals surface area contributed by atoms with Crippen LogP contribution in [0.25, 0.3) is 0 Å². The quantitative estimate of drug-likeness (QED) is 0.352. The van der Waals surface area contributed by atoms with Gasteiger partial charge in [-0.05, 0) is 36.4 Å². The second-order valence-corrected chi connectivity index (χ2v) is 5.04. The van der Waals surface area contributed by atoms with Crippen molar-refractivity contribution >= 4 is 17.7 Å². The van der Waals surface area contributed by atoms with Crippen LogP contribution in [0.5, 0.6) is 17.2 Å². The van der Waals surface area contributed by atoms with Gasteiger partial charge in [-0.15, -0.1) is 0 Å². The zero-order valence-corrected chi connectivity index (χ0v) is 14.1. The molecule has 0 bridgehead atoms. The largest absolute Gasteiger partial charge is 0.496 e. The van der Waals surface area contributed by atoms with E-state index in [-0.39, 0.29) is 33.9 Å². The zero-order chi connectivity index (χ0) is 19.3. The Hall–Kier alpha value is -3.61. The molecule has 0 heterocycles. The maximum absolute atomic E-state index is 12.8. The number of carboxylic acids is 1. The molecule has 0 saturated heterocycles. The number of methoxy groups -OCH3 is 2. The summed E-state index contributed by atoms with van der Waals surface area (Å²) in [5.41, 5.74) is 0.444. The summed E-state index contributed by atoms with van der Waals surface area (Å²) in [5, 5.41) is 9.04. The van der Waals surface area contributed by atoms with Gasteiger partial charge < -0.3 is 19.3 Å². The van der Waals surface area contributed by atoms with Crippen LogP contribution in [-0.4, -0.2) is 37.0 Å². The molecule has 2 rings (SSSR count). The van der Waals surface area contributed by atoms with Crippen LogP contribution in [0.2, 0.25) is 0 Å². The van der Waals surface area contributed by atoms with Crippen molar-refractivity contribution in [3.63, 3.8) is 0 Å². The van der Waals surface area contributed by atoms with E-state index in [2.05, 4.69) is 6.58 Å². The van der Waals surface area contributed by atoms with Crippen molar-refractivity contribution in [1.82, 2.24) is 0 Å². The number of ketones is 1. The predicted molar refractivity (Wildman–Crippen MR) is 92.2 cm³/mol. The molecular weight excluding hydrogens is 340 g/mol. The highest BCUT2D eigenvalue weighted by Gasteiger charge is 2.19. The molecule has 26 heavy (non-hydrogen) atoms. The lowest BCUT2D eigenvalue weighted by atomic mass is 10.0. The van der Waals surface area contributed by atoms with Crippen molar-refractivity contribution in [3.8, 4) is 17.2 Å². The Balaban J connectivity index is 2.42. The van der Waals surface area contributed by atoms with Crippen LogP contribution < -0.4 is 14.2 Å². The summed E-state index contributed by atoms with van der Waals surface area (Å²) in [4.78, 5) is 35.1. The molecule has 0 amide bonds. The molecule has 0 aliphatic rings. The third-order valence-corrected chi connectivity index (χ3v) is 3.50. The summed E-state index contributed by atoms with van der Waals surface area (Å²) >= 11 is 0. The second kappa shape index (κ2) is 7.98. The molecule has 0 radical (unpaired) electrons. The van der Waals surface area contributed by atoms with Gasteiger partial charge in [-0.1, -0.05) is 6.58 Å². The summed E-state index contributed by atoms with van der Waals surface area (Å²) in [6, 6.07) is 8.26. The first kappa shape index (κ1) is 18.7. The lowest BCUT2D eigenvalue weighted by Crippen LogP contribution is -2.08. The number of benzene rings is 2. The summed E-state index contributed by atoms with van der Waals surface area (Å²) in [6.45, 7) is 3.31. The number of carbonyl (C=O) groups is 3. The van der Waals surface area contributed by atoms with Crippen LogP contribution in [0, 0.1) is 0 Å². The fourth-order valence-electron chi connectivity index (χ4n) is 2.21. The number of rotatable bonds is 7.